The van der Waals surface area contributed by atoms with Gasteiger partial charge in [0.2, 0.25) is 6.54 Å². The molecule has 0 unspecified atom stereocenters. The zero-order chi connectivity index (χ0) is 16.7. The van der Waals surface area contributed by atoms with E-state index >= 15 is 0 Å². The van der Waals surface area contributed by atoms with Gasteiger partial charge in [-0.05, 0) is 12.1 Å². The van der Waals surface area contributed by atoms with Crippen LogP contribution in [0.4, 0.5) is 13.2 Å². The van der Waals surface area contributed by atoms with Crippen molar-refractivity contribution in [1.29, 1.82) is 0 Å². The van der Waals surface area contributed by atoms with Gasteiger partial charge >= 0.3 is 12.3 Å². The Kier molecular flexibility index (Phi) is 7.19. The van der Waals surface area contributed by atoms with E-state index in [4.69, 9.17) is 0 Å². The summed E-state index contributed by atoms with van der Waals surface area (Å²) >= 11 is 0. The highest BCUT2D eigenvalue weighted by Crippen LogP contribution is 2.24. The first kappa shape index (κ1) is 19.4. The molecule has 0 aliphatic heterocycles. The number of hydrogen-bond acceptors (Lipinski definition) is 3. The second-order valence-electron chi connectivity index (χ2n) is 4.43. The van der Waals surface area contributed by atoms with Gasteiger partial charge in [0.1, 0.15) is 5.75 Å². The first-order valence-electron chi connectivity index (χ1n) is 6.55. The third kappa shape index (κ3) is 6.66. The summed E-state index contributed by atoms with van der Waals surface area (Å²) in [4.78, 5) is 11.7. The van der Waals surface area contributed by atoms with E-state index in [0.717, 1.165) is 12.3 Å². The quantitative estimate of drug-likeness (QED) is 0.424. The Morgan fingerprint density at radius 1 is 1.17 bits per heavy atom. The number of carbonyl (C=O) groups is 1. The number of ether oxygens (including phenoxy) is 1. The zero-order valence-electron chi connectivity index (χ0n) is 12.2. The maximum absolute atomic E-state index is 12.3. The molecular formula is C15H13ClF3N3O2. The fourth-order valence-corrected chi connectivity index (χ4v) is 1.72. The Hall–Kier alpha value is -2.61. The van der Waals surface area contributed by atoms with Crippen molar-refractivity contribution in [1.82, 2.24) is 5.43 Å². The minimum atomic E-state index is -4.79. The van der Waals surface area contributed by atoms with Crippen molar-refractivity contribution in [3.8, 4) is 5.75 Å². The summed E-state index contributed by atoms with van der Waals surface area (Å²) in [5, 5.41) is 3.64. The van der Waals surface area contributed by atoms with E-state index in [-0.39, 0.29) is 24.5 Å². The van der Waals surface area contributed by atoms with E-state index in [9.17, 15) is 18.0 Å². The number of nitrogens with zero attached hydrogens (tertiary/aromatic N) is 2. The number of amides is 1. The van der Waals surface area contributed by atoms with Crippen LogP contribution in [0.25, 0.3) is 0 Å². The second-order valence-corrected chi connectivity index (χ2v) is 4.43. The Morgan fingerprint density at radius 3 is 2.50 bits per heavy atom. The van der Waals surface area contributed by atoms with Gasteiger partial charge < -0.3 is 17.1 Å². The van der Waals surface area contributed by atoms with Gasteiger partial charge in [-0.15, -0.1) is 13.2 Å². The van der Waals surface area contributed by atoms with Gasteiger partial charge in [-0.3, -0.25) is 4.79 Å². The molecule has 1 heterocycles. The van der Waals surface area contributed by atoms with E-state index in [2.05, 4.69) is 15.3 Å². The van der Waals surface area contributed by atoms with E-state index in [0.29, 0.717) is 0 Å². The highest BCUT2D eigenvalue weighted by atomic mass is 35.5. The number of rotatable bonds is 5. The van der Waals surface area contributed by atoms with Crippen LogP contribution < -0.4 is 27.1 Å². The maximum Gasteiger partial charge on any atom is 0.573 e. The van der Waals surface area contributed by atoms with Gasteiger partial charge in [-0.25, -0.2) is 5.43 Å². The first-order chi connectivity index (χ1) is 10.9. The lowest BCUT2D eigenvalue weighted by Crippen LogP contribution is -3.00. The molecule has 0 spiro atoms. The lowest BCUT2D eigenvalue weighted by molar-refractivity contribution is -0.684. The number of nitrogens with one attached hydrogen (secondary N) is 1. The molecule has 0 atom stereocenters. The van der Waals surface area contributed by atoms with Crippen LogP contribution in [-0.2, 0) is 11.3 Å². The van der Waals surface area contributed by atoms with Gasteiger partial charge in [0.05, 0.1) is 6.21 Å². The van der Waals surface area contributed by atoms with Gasteiger partial charge in [0.25, 0.3) is 0 Å². The Morgan fingerprint density at radius 2 is 1.83 bits per heavy atom. The standard InChI is InChI=1S/C15H12F3N3O2.ClH/c16-15(17,18)23-13-7-3-2-6-12(13)10-19-20-14(22)11-21-8-4-1-5-9-21;/h1-10H,11H2;1H/b19-10+;. The van der Waals surface area contributed by atoms with Gasteiger partial charge in [0.15, 0.2) is 12.4 Å². The molecule has 9 heteroatoms. The highest BCUT2D eigenvalue weighted by molar-refractivity contribution is 5.84. The van der Waals surface area contributed by atoms with Crippen LogP contribution >= 0.6 is 0 Å². The third-order valence-electron chi connectivity index (χ3n) is 2.64. The average molecular weight is 360 g/mol. The fourth-order valence-electron chi connectivity index (χ4n) is 1.72. The molecule has 1 aromatic carbocycles. The number of alkyl halides is 3. The van der Waals surface area contributed by atoms with E-state index in [1.807, 2.05) is 6.07 Å². The number of benzene rings is 1. The molecule has 0 aliphatic rings. The molecule has 0 aliphatic carbocycles. The minimum Gasteiger partial charge on any atom is -1.00 e. The average Bonchev–Trinajstić information content (AvgIpc) is 2.48. The molecule has 1 aromatic heterocycles. The molecule has 0 bridgehead atoms. The molecule has 0 saturated carbocycles. The number of hydrogen-bond donors (Lipinski definition) is 1. The number of pyridine rings is 1. The number of carbonyl (C=O) groups excluding carboxylic acids is 1. The van der Waals surface area contributed by atoms with E-state index in [1.165, 1.54) is 18.2 Å². The molecule has 0 radical (unpaired) electrons. The summed E-state index contributed by atoms with van der Waals surface area (Å²) in [7, 11) is 0. The van der Waals surface area contributed by atoms with Crippen LogP contribution in [-0.4, -0.2) is 18.5 Å². The highest BCUT2D eigenvalue weighted by Gasteiger charge is 2.31. The maximum atomic E-state index is 12.3. The molecule has 24 heavy (non-hydrogen) atoms. The molecule has 1 amide bonds. The van der Waals surface area contributed by atoms with Crippen molar-refractivity contribution in [3.63, 3.8) is 0 Å². The molecule has 2 aromatic rings. The van der Waals surface area contributed by atoms with Crippen LogP contribution in [0.3, 0.4) is 0 Å². The third-order valence-corrected chi connectivity index (χ3v) is 2.64. The molecule has 2 rings (SSSR count). The SMILES string of the molecule is O=C(C[n+]1ccccc1)N/N=C/c1ccccc1OC(F)(F)F.[Cl-]. The molecule has 5 nitrogen and oxygen atoms in total. The Balaban J connectivity index is 0.00000288. The monoisotopic (exact) mass is 359 g/mol. The van der Waals surface area contributed by atoms with Crippen molar-refractivity contribution < 1.29 is 39.7 Å². The summed E-state index contributed by atoms with van der Waals surface area (Å²) in [5.74, 6) is -0.804. The van der Waals surface area contributed by atoms with Gasteiger partial charge in [-0.2, -0.15) is 9.67 Å². The number of hydrazone groups is 1. The minimum absolute atomic E-state index is 0. The summed E-state index contributed by atoms with van der Waals surface area (Å²) in [6, 6.07) is 10.8. The predicted octanol–water partition coefficient (Wildman–Crippen LogP) is -0.973. The second kappa shape index (κ2) is 8.88. The molecular weight excluding hydrogens is 347 g/mol. The molecule has 0 saturated heterocycles. The van der Waals surface area contributed by atoms with Crippen molar-refractivity contribution in [2.45, 2.75) is 12.9 Å². The predicted molar refractivity (Wildman–Crippen MR) is 75.5 cm³/mol. The Labute approximate surface area is 142 Å². The van der Waals surface area contributed by atoms with Crippen LogP contribution in [0.2, 0.25) is 0 Å². The molecule has 0 fully saturated rings. The lowest BCUT2D eigenvalue weighted by Gasteiger charge is -2.10. The van der Waals surface area contributed by atoms with Crippen molar-refractivity contribution in [3.05, 3.63) is 60.4 Å². The van der Waals surface area contributed by atoms with Crippen LogP contribution in [0, 0.1) is 0 Å². The number of aromatic nitrogens is 1. The lowest BCUT2D eigenvalue weighted by atomic mass is 10.2. The summed E-state index contributed by atoms with van der Waals surface area (Å²) in [6.07, 6.45) is -0.294. The Bertz CT molecular complexity index is 694. The van der Waals surface area contributed by atoms with Crippen molar-refractivity contribution in [2.75, 3.05) is 0 Å². The van der Waals surface area contributed by atoms with Crippen molar-refractivity contribution in [2.24, 2.45) is 5.10 Å². The van der Waals surface area contributed by atoms with Crippen LogP contribution in [0.1, 0.15) is 5.56 Å². The number of para-hydroxylation sites is 1. The van der Waals surface area contributed by atoms with Crippen LogP contribution in [0.15, 0.2) is 60.0 Å². The van der Waals surface area contributed by atoms with E-state index in [1.54, 1.807) is 29.1 Å². The normalized spacial score (nSPS) is 11.0. The fraction of sp³-hybridized carbons (Fsp3) is 0.133. The van der Waals surface area contributed by atoms with E-state index < -0.39 is 18.0 Å². The zero-order valence-corrected chi connectivity index (χ0v) is 13.0. The summed E-state index contributed by atoms with van der Waals surface area (Å²) in [6.45, 7) is 0.0406. The first-order valence-corrected chi connectivity index (χ1v) is 6.55. The summed E-state index contributed by atoms with van der Waals surface area (Å²) in [5.41, 5.74) is 2.34. The van der Waals surface area contributed by atoms with Gasteiger partial charge in [-0.1, -0.05) is 18.2 Å². The number of halogens is 4. The molecule has 128 valence electrons. The van der Waals surface area contributed by atoms with Gasteiger partial charge in [0, 0.05) is 17.7 Å². The van der Waals surface area contributed by atoms with Crippen molar-refractivity contribution >= 4 is 12.1 Å². The largest absolute Gasteiger partial charge is 1.00 e. The smallest absolute Gasteiger partial charge is 0.573 e. The summed E-state index contributed by atoms with van der Waals surface area (Å²) < 4.78 is 42.3. The van der Waals surface area contributed by atoms with Crippen LogP contribution in [0.5, 0.6) is 5.75 Å². The molecule has 1 N–H and O–H groups in total. The topological polar surface area (TPSA) is 54.6 Å².